The number of aromatic nitrogens is 5. The number of hydrogen-bond acceptors (Lipinski definition) is 5. The minimum atomic E-state index is -0.175. The van der Waals surface area contributed by atoms with Crippen molar-refractivity contribution in [2.45, 2.75) is 32.2 Å². The first-order valence-electron chi connectivity index (χ1n) is 9.09. The van der Waals surface area contributed by atoms with Gasteiger partial charge in [-0.2, -0.15) is 0 Å². The van der Waals surface area contributed by atoms with E-state index in [1.807, 2.05) is 28.8 Å². The number of aryl methyl sites for hydroxylation is 1. The highest BCUT2D eigenvalue weighted by molar-refractivity contribution is 5.94. The number of methoxy groups -OCH3 is 1. The van der Waals surface area contributed by atoms with E-state index in [-0.39, 0.29) is 11.8 Å². The van der Waals surface area contributed by atoms with Gasteiger partial charge in [-0.1, -0.05) is 25.1 Å². The largest absolute Gasteiger partial charge is 0.496 e. The van der Waals surface area contributed by atoms with Gasteiger partial charge in [0, 0.05) is 24.7 Å². The Morgan fingerprint density at radius 2 is 2.19 bits per heavy atom. The molecule has 1 amide bonds. The van der Waals surface area contributed by atoms with Crippen LogP contribution in [0.3, 0.4) is 0 Å². The van der Waals surface area contributed by atoms with Gasteiger partial charge in [0.05, 0.1) is 7.11 Å². The molecule has 0 spiro atoms. The molecule has 8 heteroatoms. The highest BCUT2D eigenvalue weighted by Crippen LogP contribution is 2.31. The summed E-state index contributed by atoms with van der Waals surface area (Å²) in [5, 5.41) is 11.1. The zero-order valence-electron chi connectivity index (χ0n) is 15.4. The van der Waals surface area contributed by atoms with Crippen LogP contribution in [0.2, 0.25) is 0 Å². The van der Waals surface area contributed by atoms with Crippen molar-refractivity contribution in [3.63, 3.8) is 0 Å². The third-order valence-corrected chi connectivity index (χ3v) is 4.82. The van der Waals surface area contributed by atoms with Gasteiger partial charge in [-0.15, -0.1) is 10.2 Å². The lowest BCUT2D eigenvalue weighted by atomic mass is 9.93. The summed E-state index contributed by atoms with van der Waals surface area (Å²) in [6, 6.07) is 7.90. The first-order chi connectivity index (χ1) is 13.2. The Bertz CT molecular complexity index is 961. The Labute approximate surface area is 157 Å². The predicted octanol–water partition coefficient (Wildman–Crippen LogP) is 2.16. The average molecular weight is 366 g/mol. The Morgan fingerprint density at radius 1 is 1.33 bits per heavy atom. The molecule has 1 aromatic carbocycles. The summed E-state index contributed by atoms with van der Waals surface area (Å²) in [6.07, 6.45) is 3.30. The Kier molecular flexibility index (Phi) is 4.62. The van der Waals surface area contributed by atoms with Crippen molar-refractivity contribution in [1.29, 1.82) is 0 Å². The molecule has 0 saturated carbocycles. The number of aromatic amines is 1. The lowest BCUT2D eigenvalue weighted by Crippen LogP contribution is -2.26. The van der Waals surface area contributed by atoms with E-state index in [4.69, 9.17) is 4.74 Å². The molecule has 0 unspecified atom stereocenters. The molecule has 0 fully saturated rings. The minimum Gasteiger partial charge on any atom is -0.496 e. The number of fused-ring (bicyclic) bond motifs is 1. The molecule has 2 N–H and O–H groups in total. The van der Waals surface area contributed by atoms with Crippen molar-refractivity contribution in [3.05, 3.63) is 47.5 Å². The summed E-state index contributed by atoms with van der Waals surface area (Å²) in [4.78, 5) is 20.4. The number of rotatable bonds is 5. The molecule has 0 bridgehead atoms. The Hall–Kier alpha value is -3.16. The van der Waals surface area contributed by atoms with Crippen LogP contribution in [0, 0.1) is 0 Å². The van der Waals surface area contributed by atoms with Gasteiger partial charge in [-0.3, -0.25) is 4.79 Å². The van der Waals surface area contributed by atoms with Crippen LogP contribution < -0.4 is 10.1 Å². The summed E-state index contributed by atoms with van der Waals surface area (Å²) in [5.41, 5.74) is 2.30. The standard InChI is InChI=1S/C19H22N6O2/c1-3-8-25-11-21-24-18(25)17-22-14-9-12(10-20-19(26)16(14)23-17)13-6-4-5-7-15(13)27-2/h4-7,11-12H,3,8-10H2,1-2H3,(H,20,26)(H,22,23)/t12-/m1/s1. The third kappa shape index (κ3) is 3.18. The van der Waals surface area contributed by atoms with E-state index in [2.05, 4.69) is 32.4 Å². The first-order valence-corrected chi connectivity index (χ1v) is 9.09. The van der Waals surface area contributed by atoms with Crippen LogP contribution in [0.5, 0.6) is 5.75 Å². The quantitative estimate of drug-likeness (QED) is 0.721. The molecule has 140 valence electrons. The van der Waals surface area contributed by atoms with Crippen LogP contribution in [0.25, 0.3) is 11.6 Å². The number of para-hydroxylation sites is 1. The van der Waals surface area contributed by atoms with Crippen LogP contribution in [-0.4, -0.2) is 44.3 Å². The maximum absolute atomic E-state index is 12.6. The topological polar surface area (TPSA) is 97.7 Å². The van der Waals surface area contributed by atoms with Crippen LogP contribution in [0.4, 0.5) is 0 Å². The molecule has 3 heterocycles. The fraction of sp³-hybridized carbons (Fsp3) is 0.368. The summed E-state index contributed by atoms with van der Waals surface area (Å²) in [6.45, 7) is 3.42. The molecule has 0 saturated heterocycles. The summed E-state index contributed by atoms with van der Waals surface area (Å²) in [5.74, 6) is 1.95. The number of carbonyl (C=O) groups is 1. The van der Waals surface area contributed by atoms with Crippen LogP contribution in [0.1, 0.15) is 41.0 Å². The van der Waals surface area contributed by atoms with Gasteiger partial charge in [0.2, 0.25) is 0 Å². The molecule has 1 aliphatic rings. The van der Waals surface area contributed by atoms with Crippen molar-refractivity contribution in [2.75, 3.05) is 13.7 Å². The van der Waals surface area contributed by atoms with E-state index in [0.29, 0.717) is 30.3 Å². The maximum Gasteiger partial charge on any atom is 0.271 e. The number of benzene rings is 1. The zero-order valence-corrected chi connectivity index (χ0v) is 15.4. The van der Waals surface area contributed by atoms with Crippen molar-refractivity contribution in [1.82, 2.24) is 30.0 Å². The summed E-state index contributed by atoms with van der Waals surface area (Å²) in [7, 11) is 1.66. The molecule has 27 heavy (non-hydrogen) atoms. The Morgan fingerprint density at radius 3 is 3.00 bits per heavy atom. The summed E-state index contributed by atoms with van der Waals surface area (Å²) >= 11 is 0. The average Bonchev–Trinajstić information content (AvgIpc) is 3.28. The van der Waals surface area contributed by atoms with Gasteiger partial charge in [-0.25, -0.2) is 4.98 Å². The van der Waals surface area contributed by atoms with E-state index in [9.17, 15) is 4.79 Å². The smallest absolute Gasteiger partial charge is 0.271 e. The second-order valence-electron chi connectivity index (χ2n) is 6.61. The Balaban J connectivity index is 1.70. The molecule has 3 aromatic rings. The molecule has 8 nitrogen and oxygen atoms in total. The van der Waals surface area contributed by atoms with Crippen molar-refractivity contribution in [2.24, 2.45) is 0 Å². The van der Waals surface area contributed by atoms with Crippen molar-refractivity contribution < 1.29 is 9.53 Å². The first kappa shape index (κ1) is 17.3. The second-order valence-corrected chi connectivity index (χ2v) is 6.61. The zero-order chi connectivity index (χ0) is 18.8. The third-order valence-electron chi connectivity index (χ3n) is 4.82. The number of imidazole rings is 1. The fourth-order valence-electron chi connectivity index (χ4n) is 3.54. The highest BCUT2D eigenvalue weighted by atomic mass is 16.5. The van der Waals surface area contributed by atoms with E-state index < -0.39 is 0 Å². The van der Waals surface area contributed by atoms with E-state index in [0.717, 1.165) is 30.0 Å². The molecule has 4 rings (SSSR count). The van der Waals surface area contributed by atoms with E-state index in [1.54, 1.807) is 13.4 Å². The molecule has 0 radical (unpaired) electrons. The normalized spacial score (nSPS) is 16.5. The van der Waals surface area contributed by atoms with Gasteiger partial charge in [0.15, 0.2) is 11.6 Å². The predicted molar refractivity (Wildman–Crippen MR) is 99.7 cm³/mol. The monoisotopic (exact) mass is 366 g/mol. The highest BCUT2D eigenvalue weighted by Gasteiger charge is 2.28. The molecular weight excluding hydrogens is 344 g/mol. The SMILES string of the molecule is CCCn1cnnc1-c1nc2c([nH]1)C[C@@H](c1ccccc1OC)CNC2=O. The lowest BCUT2D eigenvalue weighted by molar-refractivity contribution is 0.0950. The number of hydrogen-bond donors (Lipinski definition) is 2. The molecule has 1 aliphatic heterocycles. The summed E-state index contributed by atoms with van der Waals surface area (Å²) < 4.78 is 7.44. The van der Waals surface area contributed by atoms with Crippen LogP contribution in [0.15, 0.2) is 30.6 Å². The van der Waals surface area contributed by atoms with Crippen molar-refractivity contribution in [3.8, 4) is 17.4 Å². The molecular formula is C19H22N6O2. The number of ether oxygens (including phenoxy) is 1. The molecule has 2 aromatic heterocycles. The molecule has 1 atom stereocenters. The number of H-pyrrole nitrogens is 1. The van der Waals surface area contributed by atoms with E-state index >= 15 is 0 Å². The fourth-order valence-corrected chi connectivity index (χ4v) is 3.54. The lowest BCUT2D eigenvalue weighted by Gasteiger charge is -2.17. The van der Waals surface area contributed by atoms with Crippen LogP contribution >= 0.6 is 0 Å². The van der Waals surface area contributed by atoms with Gasteiger partial charge in [0.25, 0.3) is 5.91 Å². The minimum absolute atomic E-state index is 0.0909. The van der Waals surface area contributed by atoms with E-state index in [1.165, 1.54) is 0 Å². The van der Waals surface area contributed by atoms with Gasteiger partial charge >= 0.3 is 0 Å². The number of amides is 1. The van der Waals surface area contributed by atoms with Crippen LogP contribution in [-0.2, 0) is 13.0 Å². The second kappa shape index (κ2) is 7.22. The number of nitrogens with zero attached hydrogens (tertiary/aromatic N) is 4. The van der Waals surface area contributed by atoms with Gasteiger partial charge in [0.1, 0.15) is 17.8 Å². The number of carbonyl (C=O) groups excluding carboxylic acids is 1. The number of nitrogens with one attached hydrogen (secondary N) is 2. The van der Waals surface area contributed by atoms with Gasteiger partial charge < -0.3 is 19.6 Å². The maximum atomic E-state index is 12.6. The van der Waals surface area contributed by atoms with Gasteiger partial charge in [-0.05, 0) is 24.5 Å². The van der Waals surface area contributed by atoms with Crippen molar-refractivity contribution >= 4 is 5.91 Å². The molecule has 0 aliphatic carbocycles.